The molecule has 5 heteroatoms. The van der Waals surface area contributed by atoms with Crippen molar-refractivity contribution in [1.29, 1.82) is 0 Å². The van der Waals surface area contributed by atoms with E-state index in [1.54, 1.807) is 31.1 Å². The molecule has 0 radical (unpaired) electrons. The number of halogens is 1. The van der Waals surface area contributed by atoms with Crippen molar-refractivity contribution in [3.05, 3.63) is 23.6 Å². The number of aromatic nitrogens is 1. The number of hydrogen-bond donors (Lipinski definition) is 1. The highest BCUT2D eigenvalue weighted by atomic mass is 32.2. The molecule has 1 rings (SSSR count). The van der Waals surface area contributed by atoms with Gasteiger partial charge in [0.05, 0.1) is 0 Å². The van der Waals surface area contributed by atoms with Gasteiger partial charge >= 0.3 is 0 Å². The quantitative estimate of drug-likeness (QED) is 0.824. The van der Waals surface area contributed by atoms with Crippen LogP contribution in [-0.4, -0.2) is 37.6 Å². The Morgan fingerprint density at radius 2 is 2.31 bits per heavy atom. The van der Waals surface area contributed by atoms with E-state index in [0.717, 1.165) is 12.3 Å². The second kappa shape index (κ2) is 6.70. The Morgan fingerprint density at radius 3 is 2.94 bits per heavy atom. The van der Waals surface area contributed by atoms with Crippen molar-refractivity contribution in [1.82, 2.24) is 10.3 Å². The van der Waals surface area contributed by atoms with Crippen LogP contribution in [0.3, 0.4) is 0 Å². The SMILES string of the molecule is CNCc1ccnc(N(C)CCSC)c1F. The van der Waals surface area contributed by atoms with Gasteiger partial charge in [0, 0.05) is 37.7 Å². The summed E-state index contributed by atoms with van der Waals surface area (Å²) in [5, 5.41) is 2.94. The molecule has 1 aromatic rings. The van der Waals surface area contributed by atoms with Crippen molar-refractivity contribution in [2.45, 2.75) is 6.54 Å². The van der Waals surface area contributed by atoms with E-state index in [-0.39, 0.29) is 5.82 Å². The molecule has 0 atom stereocenters. The van der Waals surface area contributed by atoms with Crippen molar-refractivity contribution in [3.63, 3.8) is 0 Å². The van der Waals surface area contributed by atoms with Gasteiger partial charge in [-0.2, -0.15) is 11.8 Å². The minimum atomic E-state index is -0.222. The monoisotopic (exact) mass is 243 g/mol. The molecule has 0 spiro atoms. The average Bonchev–Trinajstić information content (AvgIpc) is 2.29. The molecule has 1 N–H and O–H groups in total. The molecule has 0 aromatic carbocycles. The molecular formula is C11H18FN3S. The van der Waals surface area contributed by atoms with Gasteiger partial charge in [-0.15, -0.1) is 0 Å². The first kappa shape index (κ1) is 13.3. The Labute approximate surface area is 100 Å². The third-order valence-electron chi connectivity index (χ3n) is 2.31. The van der Waals surface area contributed by atoms with Crippen LogP contribution in [0, 0.1) is 5.82 Å². The Kier molecular flexibility index (Phi) is 5.55. The van der Waals surface area contributed by atoms with Gasteiger partial charge in [-0.05, 0) is 19.4 Å². The van der Waals surface area contributed by atoms with Gasteiger partial charge in [0.1, 0.15) is 0 Å². The highest BCUT2D eigenvalue weighted by Crippen LogP contribution is 2.18. The standard InChI is InChI=1S/C11H18FN3S/c1-13-8-9-4-5-14-11(10(9)12)15(2)6-7-16-3/h4-5,13H,6-8H2,1-3H3. The summed E-state index contributed by atoms with van der Waals surface area (Å²) in [5.41, 5.74) is 0.656. The fraction of sp³-hybridized carbons (Fsp3) is 0.545. The largest absolute Gasteiger partial charge is 0.356 e. The normalized spacial score (nSPS) is 10.5. The van der Waals surface area contributed by atoms with Crippen LogP contribution >= 0.6 is 11.8 Å². The molecule has 0 aliphatic heterocycles. The number of rotatable bonds is 6. The Hall–Kier alpha value is -0.810. The molecule has 0 aliphatic rings. The Bertz CT molecular complexity index is 333. The molecular weight excluding hydrogens is 225 g/mol. The molecule has 0 bridgehead atoms. The number of hydrogen-bond acceptors (Lipinski definition) is 4. The number of nitrogens with zero attached hydrogens (tertiary/aromatic N) is 2. The summed E-state index contributed by atoms with van der Waals surface area (Å²) >= 11 is 1.74. The summed E-state index contributed by atoms with van der Waals surface area (Å²) in [6.07, 6.45) is 3.69. The van der Waals surface area contributed by atoms with E-state index < -0.39 is 0 Å². The molecule has 1 aromatic heterocycles. The van der Waals surface area contributed by atoms with Crippen LogP contribution in [0.1, 0.15) is 5.56 Å². The van der Waals surface area contributed by atoms with E-state index in [1.807, 2.05) is 18.2 Å². The third kappa shape index (κ3) is 3.35. The Morgan fingerprint density at radius 1 is 1.56 bits per heavy atom. The van der Waals surface area contributed by atoms with Crippen LogP contribution in [0.4, 0.5) is 10.2 Å². The molecule has 0 unspecified atom stereocenters. The van der Waals surface area contributed by atoms with Crippen LogP contribution in [0.5, 0.6) is 0 Å². The zero-order valence-corrected chi connectivity index (χ0v) is 10.8. The van der Waals surface area contributed by atoms with Crippen LogP contribution in [0.25, 0.3) is 0 Å². The maximum absolute atomic E-state index is 14.0. The second-order valence-corrected chi connectivity index (χ2v) is 4.54. The molecule has 90 valence electrons. The lowest BCUT2D eigenvalue weighted by Gasteiger charge is -2.19. The highest BCUT2D eigenvalue weighted by molar-refractivity contribution is 7.98. The van der Waals surface area contributed by atoms with E-state index in [2.05, 4.69) is 10.3 Å². The van der Waals surface area contributed by atoms with E-state index in [0.29, 0.717) is 17.9 Å². The lowest BCUT2D eigenvalue weighted by Crippen LogP contribution is -2.23. The van der Waals surface area contributed by atoms with Gasteiger partial charge in [0.25, 0.3) is 0 Å². The maximum Gasteiger partial charge on any atom is 0.170 e. The third-order valence-corrected chi connectivity index (χ3v) is 2.90. The molecule has 0 saturated heterocycles. The van der Waals surface area contributed by atoms with E-state index in [4.69, 9.17) is 0 Å². The summed E-state index contributed by atoms with van der Waals surface area (Å²) in [7, 11) is 3.67. The van der Waals surface area contributed by atoms with Gasteiger partial charge in [0.15, 0.2) is 11.6 Å². The predicted molar refractivity (Wildman–Crippen MR) is 68.6 cm³/mol. The lowest BCUT2D eigenvalue weighted by molar-refractivity contribution is 0.591. The summed E-state index contributed by atoms with van der Waals surface area (Å²) in [6.45, 7) is 1.33. The first-order valence-electron chi connectivity index (χ1n) is 5.18. The molecule has 0 fully saturated rings. The van der Waals surface area contributed by atoms with Crippen LogP contribution < -0.4 is 10.2 Å². The van der Waals surface area contributed by atoms with Crippen molar-refractivity contribution in [3.8, 4) is 0 Å². The zero-order chi connectivity index (χ0) is 12.0. The van der Waals surface area contributed by atoms with Gasteiger partial charge in [0.2, 0.25) is 0 Å². The maximum atomic E-state index is 14.0. The second-order valence-electron chi connectivity index (χ2n) is 3.55. The summed E-state index contributed by atoms with van der Waals surface area (Å²) < 4.78 is 14.0. The van der Waals surface area contributed by atoms with Crippen LogP contribution in [0.15, 0.2) is 12.3 Å². The molecule has 0 aliphatic carbocycles. The lowest BCUT2D eigenvalue weighted by atomic mass is 10.2. The molecule has 0 amide bonds. The highest BCUT2D eigenvalue weighted by Gasteiger charge is 2.12. The predicted octanol–water partition coefficient (Wildman–Crippen LogP) is 1.74. The first-order chi connectivity index (χ1) is 7.70. The van der Waals surface area contributed by atoms with Gasteiger partial charge < -0.3 is 10.2 Å². The number of anilines is 1. The van der Waals surface area contributed by atoms with Crippen molar-refractivity contribution in [2.75, 3.05) is 37.5 Å². The summed E-state index contributed by atoms with van der Waals surface area (Å²) in [6, 6.07) is 1.71. The zero-order valence-electron chi connectivity index (χ0n) is 9.96. The first-order valence-corrected chi connectivity index (χ1v) is 6.58. The molecule has 16 heavy (non-hydrogen) atoms. The smallest absolute Gasteiger partial charge is 0.170 e. The molecule has 0 saturated carbocycles. The topological polar surface area (TPSA) is 28.2 Å². The van der Waals surface area contributed by atoms with Crippen LogP contribution in [0.2, 0.25) is 0 Å². The Balaban J connectivity index is 2.82. The van der Waals surface area contributed by atoms with Crippen molar-refractivity contribution >= 4 is 17.6 Å². The van der Waals surface area contributed by atoms with E-state index >= 15 is 0 Å². The van der Waals surface area contributed by atoms with Crippen LogP contribution in [-0.2, 0) is 6.54 Å². The van der Waals surface area contributed by atoms with Crippen molar-refractivity contribution in [2.24, 2.45) is 0 Å². The van der Waals surface area contributed by atoms with E-state index in [9.17, 15) is 4.39 Å². The van der Waals surface area contributed by atoms with Gasteiger partial charge in [-0.3, -0.25) is 0 Å². The minimum absolute atomic E-state index is 0.222. The van der Waals surface area contributed by atoms with Crippen molar-refractivity contribution < 1.29 is 4.39 Å². The van der Waals surface area contributed by atoms with Gasteiger partial charge in [-0.25, -0.2) is 9.37 Å². The number of nitrogens with one attached hydrogen (secondary N) is 1. The van der Waals surface area contributed by atoms with E-state index in [1.165, 1.54) is 0 Å². The molecule has 1 heterocycles. The number of thioether (sulfide) groups is 1. The van der Waals surface area contributed by atoms with Gasteiger partial charge in [-0.1, -0.05) is 0 Å². The fourth-order valence-corrected chi connectivity index (χ4v) is 1.85. The molecule has 3 nitrogen and oxygen atoms in total. The summed E-state index contributed by atoms with van der Waals surface area (Å²) in [4.78, 5) is 5.94. The summed E-state index contributed by atoms with van der Waals surface area (Å²) in [5.74, 6) is 1.18. The minimum Gasteiger partial charge on any atom is -0.356 e. The number of pyridine rings is 1. The average molecular weight is 243 g/mol. The fourth-order valence-electron chi connectivity index (χ4n) is 1.40.